The van der Waals surface area contributed by atoms with Gasteiger partial charge in [0.1, 0.15) is 5.75 Å². The lowest BCUT2D eigenvalue weighted by atomic mass is 9.93. The first-order valence-corrected chi connectivity index (χ1v) is 6.66. The largest absolute Gasteiger partial charge is 0.494 e. The predicted octanol–water partition coefficient (Wildman–Crippen LogP) is 3.91. The van der Waals surface area contributed by atoms with Crippen LogP contribution in [0, 0.1) is 5.92 Å². The Labute approximate surface area is 105 Å². The summed E-state index contributed by atoms with van der Waals surface area (Å²) in [5, 5.41) is 0. The molecule has 2 heteroatoms. The van der Waals surface area contributed by atoms with Crippen LogP contribution in [0.2, 0.25) is 0 Å². The summed E-state index contributed by atoms with van der Waals surface area (Å²) in [4.78, 5) is 0. The van der Waals surface area contributed by atoms with E-state index in [0.29, 0.717) is 12.5 Å². The number of rotatable bonds is 7. The van der Waals surface area contributed by atoms with Crippen LogP contribution < -0.4 is 10.5 Å². The van der Waals surface area contributed by atoms with E-state index in [-0.39, 0.29) is 6.04 Å². The monoisotopic (exact) mass is 235 g/mol. The number of nitrogens with two attached hydrogens (primary N) is 1. The summed E-state index contributed by atoms with van der Waals surface area (Å²) in [6.07, 6.45) is 3.49. The van der Waals surface area contributed by atoms with E-state index in [1.54, 1.807) is 0 Å². The van der Waals surface area contributed by atoms with Crippen molar-refractivity contribution >= 4 is 0 Å². The molecule has 0 amide bonds. The Morgan fingerprint density at radius 3 is 2.59 bits per heavy atom. The van der Waals surface area contributed by atoms with Crippen LogP contribution in [-0.2, 0) is 0 Å². The molecule has 96 valence electrons. The van der Waals surface area contributed by atoms with Gasteiger partial charge in [-0.25, -0.2) is 0 Å². The molecule has 0 aliphatic carbocycles. The Morgan fingerprint density at radius 1 is 1.24 bits per heavy atom. The van der Waals surface area contributed by atoms with Gasteiger partial charge in [-0.05, 0) is 25.3 Å². The van der Waals surface area contributed by atoms with Gasteiger partial charge >= 0.3 is 0 Å². The molecule has 0 aliphatic heterocycles. The number of hydrogen-bond acceptors (Lipinski definition) is 2. The summed E-state index contributed by atoms with van der Waals surface area (Å²) < 4.78 is 5.62. The van der Waals surface area contributed by atoms with Crippen LogP contribution in [0.4, 0.5) is 0 Å². The van der Waals surface area contributed by atoms with Crippen molar-refractivity contribution in [3.63, 3.8) is 0 Å². The predicted molar refractivity (Wildman–Crippen MR) is 73.2 cm³/mol. The molecule has 2 N–H and O–H groups in total. The van der Waals surface area contributed by atoms with Crippen LogP contribution in [0.3, 0.4) is 0 Å². The van der Waals surface area contributed by atoms with Crippen molar-refractivity contribution in [2.45, 2.75) is 46.1 Å². The first-order valence-electron chi connectivity index (χ1n) is 6.66. The van der Waals surface area contributed by atoms with Gasteiger partial charge in [0, 0.05) is 11.6 Å². The second kappa shape index (κ2) is 7.33. The summed E-state index contributed by atoms with van der Waals surface area (Å²) in [6, 6.07) is 8.19. The van der Waals surface area contributed by atoms with Crippen molar-refractivity contribution in [3.8, 4) is 5.75 Å². The molecule has 0 fully saturated rings. The van der Waals surface area contributed by atoms with E-state index in [9.17, 15) is 0 Å². The molecule has 2 atom stereocenters. The second-order valence-electron chi connectivity index (χ2n) is 4.71. The minimum atomic E-state index is 0.0827. The molecule has 2 unspecified atom stereocenters. The molecule has 0 saturated heterocycles. The Hall–Kier alpha value is -1.02. The van der Waals surface area contributed by atoms with Crippen LogP contribution in [0.25, 0.3) is 0 Å². The van der Waals surface area contributed by atoms with E-state index in [0.717, 1.165) is 17.7 Å². The van der Waals surface area contributed by atoms with Gasteiger partial charge in [0.2, 0.25) is 0 Å². The minimum Gasteiger partial charge on any atom is -0.494 e. The van der Waals surface area contributed by atoms with E-state index in [1.807, 2.05) is 25.1 Å². The fourth-order valence-electron chi connectivity index (χ4n) is 2.24. The van der Waals surface area contributed by atoms with Crippen molar-refractivity contribution in [2.24, 2.45) is 11.7 Å². The molecule has 0 saturated carbocycles. The molecule has 1 rings (SSSR count). The van der Waals surface area contributed by atoms with Crippen LogP contribution in [-0.4, -0.2) is 6.61 Å². The van der Waals surface area contributed by atoms with E-state index in [4.69, 9.17) is 10.5 Å². The van der Waals surface area contributed by atoms with Crippen molar-refractivity contribution < 1.29 is 4.74 Å². The van der Waals surface area contributed by atoms with E-state index in [2.05, 4.69) is 19.9 Å². The van der Waals surface area contributed by atoms with Crippen LogP contribution in [0.1, 0.15) is 51.6 Å². The number of benzene rings is 1. The Kier molecular flexibility index (Phi) is 6.06. The van der Waals surface area contributed by atoms with E-state index in [1.165, 1.54) is 12.8 Å². The molecule has 0 aliphatic rings. The maximum atomic E-state index is 6.28. The van der Waals surface area contributed by atoms with Crippen molar-refractivity contribution in [1.29, 1.82) is 0 Å². The van der Waals surface area contributed by atoms with Crippen molar-refractivity contribution in [2.75, 3.05) is 6.61 Å². The molecular formula is C15H25NO. The highest BCUT2D eigenvalue weighted by Gasteiger charge is 2.14. The molecule has 0 bridgehead atoms. The maximum absolute atomic E-state index is 6.28. The zero-order valence-corrected chi connectivity index (χ0v) is 11.3. The topological polar surface area (TPSA) is 35.2 Å². The fraction of sp³-hybridized carbons (Fsp3) is 0.600. The first kappa shape index (κ1) is 14.0. The molecule has 0 heterocycles. The smallest absolute Gasteiger partial charge is 0.124 e. The van der Waals surface area contributed by atoms with Gasteiger partial charge in [-0.3, -0.25) is 0 Å². The third-order valence-electron chi connectivity index (χ3n) is 3.06. The Bertz CT molecular complexity index is 324. The van der Waals surface area contributed by atoms with Gasteiger partial charge in [-0.2, -0.15) is 0 Å². The lowest BCUT2D eigenvalue weighted by molar-refractivity contribution is 0.330. The van der Waals surface area contributed by atoms with Gasteiger partial charge in [0.15, 0.2) is 0 Å². The number of hydrogen-bond donors (Lipinski definition) is 1. The van der Waals surface area contributed by atoms with E-state index < -0.39 is 0 Å². The van der Waals surface area contributed by atoms with Crippen LogP contribution >= 0.6 is 0 Å². The summed E-state index contributed by atoms with van der Waals surface area (Å²) in [7, 11) is 0. The number of para-hydroxylation sites is 1. The highest BCUT2D eigenvalue weighted by molar-refractivity contribution is 5.35. The van der Waals surface area contributed by atoms with Gasteiger partial charge < -0.3 is 10.5 Å². The number of ether oxygens (including phenoxy) is 1. The summed E-state index contributed by atoms with van der Waals surface area (Å²) in [5.41, 5.74) is 7.41. The first-order chi connectivity index (χ1) is 8.19. The highest BCUT2D eigenvalue weighted by Crippen LogP contribution is 2.28. The van der Waals surface area contributed by atoms with Gasteiger partial charge in [-0.15, -0.1) is 0 Å². The molecule has 0 aromatic heterocycles. The maximum Gasteiger partial charge on any atom is 0.124 e. The fourth-order valence-corrected chi connectivity index (χ4v) is 2.24. The summed E-state index contributed by atoms with van der Waals surface area (Å²) in [5.74, 6) is 1.61. The van der Waals surface area contributed by atoms with Gasteiger partial charge in [0.05, 0.1) is 6.61 Å². The zero-order valence-electron chi connectivity index (χ0n) is 11.3. The molecule has 1 aromatic carbocycles. The van der Waals surface area contributed by atoms with Crippen LogP contribution in [0.15, 0.2) is 24.3 Å². The zero-order chi connectivity index (χ0) is 12.7. The van der Waals surface area contributed by atoms with E-state index >= 15 is 0 Å². The second-order valence-corrected chi connectivity index (χ2v) is 4.71. The van der Waals surface area contributed by atoms with Gasteiger partial charge in [0.25, 0.3) is 0 Å². The lowest BCUT2D eigenvalue weighted by Gasteiger charge is -2.19. The Morgan fingerprint density at radius 2 is 1.94 bits per heavy atom. The van der Waals surface area contributed by atoms with Crippen molar-refractivity contribution in [1.82, 2.24) is 0 Å². The Balaban J connectivity index is 2.70. The minimum absolute atomic E-state index is 0.0827. The third-order valence-corrected chi connectivity index (χ3v) is 3.06. The molecule has 17 heavy (non-hydrogen) atoms. The lowest BCUT2D eigenvalue weighted by Crippen LogP contribution is -2.15. The SMILES string of the molecule is CCCC(C)CC(N)c1ccccc1OCC. The summed E-state index contributed by atoms with van der Waals surface area (Å²) >= 11 is 0. The standard InChI is InChI=1S/C15H25NO/c1-4-8-12(3)11-14(16)13-9-6-7-10-15(13)17-5-2/h6-7,9-10,12,14H,4-5,8,11,16H2,1-3H3. The average Bonchev–Trinajstić information content (AvgIpc) is 2.30. The van der Waals surface area contributed by atoms with Crippen LogP contribution in [0.5, 0.6) is 5.75 Å². The molecular weight excluding hydrogens is 210 g/mol. The molecule has 1 aromatic rings. The third kappa shape index (κ3) is 4.39. The highest BCUT2D eigenvalue weighted by atomic mass is 16.5. The molecule has 0 radical (unpaired) electrons. The molecule has 2 nitrogen and oxygen atoms in total. The van der Waals surface area contributed by atoms with Gasteiger partial charge in [-0.1, -0.05) is 44.9 Å². The quantitative estimate of drug-likeness (QED) is 0.777. The van der Waals surface area contributed by atoms with Crippen molar-refractivity contribution in [3.05, 3.63) is 29.8 Å². The normalized spacial score (nSPS) is 14.4. The summed E-state index contributed by atoms with van der Waals surface area (Å²) in [6.45, 7) is 7.18. The average molecular weight is 235 g/mol. The molecule has 0 spiro atoms.